The zero-order chi connectivity index (χ0) is 15.8. The molecule has 0 spiro atoms. The van der Waals surface area contributed by atoms with Crippen LogP contribution in [0.2, 0.25) is 5.02 Å². The molecule has 23 heavy (non-hydrogen) atoms. The van der Waals surface area contributed by atoms with Crippen LogP contribution >= 0.6 is 11.6 Å². The molecule has 3 nitrogen and oxygen atoms in total. The van der Waals surface area contributed by atoms with Gasteiger partial charge in [-0.25, -0.2) is 0 Å². The van der Waals surface area contributed by atoms with Crippen LogP contribution in [0.4, 0.5) is 11.4 Å². The van der Waals surface area contributed by atoms with Gasteiger partial charge in [0.15, 0.2) is 0 Å². The van der Waals surface area contributed by atoms with Gasteiger partial charge in [-0.05, 0) is 43.0 Å². The fourth-order valence-corrected chi connectivity index (χ4v) is 3.59. The van der Waals surface area contributed by atoms with Crippen molar-refractivity contribution in [1.82, 2.24) is 0 Å². The lowest BCUT2D eigenvalue weighted by Gasteiger charge is -2.25. The summed E-state index contributed by atoms with van der Waals surface area (Å²) in [6, 6.07) is 15.7. The Kier molecular flexibility index (Phi) is 3.66. The van der Waals surface area contributed by atoms with E-state index in [0.29, 0.717) is 11.6 Å². The van der Waals surface area contributed by atoms with Gasteiger partial charge in [-0.1, -0.05) is 41.9 Å². The quantitative estimate of drug-likeness (QED) is 0.784. The van der Waals surface area contributed by atoms with Crippen molar-refractivity contribution in [1.29, 1.82) is 0 Å². The van der Waals surface area contributed by atoms with Crippen LogP contribution in [0.25, 0.3) is 0 Å². The molecule has 0 saturated heterocycles. The van der Waals surface area contributed by atoms with Gasteiger partial charge in [-0.2, -0.15) is 0 Å². The summed E-state index contributed by atoms with van der Waals surface area (Å²) in [4.78, 5) is 19.7. The summed E-state index contributed by atoms with van der Waals surface area (Å²) in [5, 5.41) is 0.627. The van der Waals surface area contributed by atoms with E-state index in [4.69, 9.17) is 16.6 Å². The number of anilines is 1. The molecular weight excluding hydrogens is 308 g/mol. The van der Waals surface area contributed by atoms with E-state index in [1.165, 1.54) is 0 Å². The number of hydrogen-bond acceptors (Lipinski definition) is 2. The minimum Gasteiger partial charge on any atom is -0.305 e. The third-order valence-corrected chi connectivity index (χ3v) is 4.80. The van der Waals surface area contributed by atoms with Crippen LogP contribution in [-0.4, -0.2) is 11.6 Å². The first-order valence-corrected chi connectivity index (χ1v) is 8.32. The maximum atomic E-state index is 13.1. The largest absolute Gasteiger partial charge is 0.305 e. The predicted molar refractivity (Wildman–Crippen MR) is 93.5 cm³/mol. The first kappa shape index (κ1) is 14.5. The smallest absolute Gasteiger partial charge is 0.236 e. The molecule has 1 amide bonds. The number of carbonyl (C=O) groups is 1. The Balaban J connectivity index is 1.81. The summed E-state index contributed by atoms with van der Waals surface area (Å²) < 4.78 is 0. The van der Waals surface area contributed by atoms with Gasteiger partial charge >= 0.3 is 0 Å². The first-order chi connectivity index (χ1) is 11.2. The van der Waals surface area contributed by atoms with Crippen molar-refractivity contribution in [2.45, 2.75) is 25.8 Å². The molecule has 1 atom stereocenters. The second-order valence-electron chi connectivity index (χ2n) is 6.09. The molecule has 4 rings (SSSR count). The molecule has 1 unspecified atom stereocenters. The minimum absolute atomic E-state index is 0.0788. The van der Waals surface area contributed by atoms with Gasteiger partial charge in [0.05, 0.1) is 23.8 Å². The fraction of sp³-hybridized carbons (Fsp3) is 0.263. The van der Waals surface area contributed by atoms with Crippen LogP contribution in [-0.2, 0) is 11.3 Å². The Morgan fingerprint density at radius 2 is 2.00 bits per heavy atom. The van der Waals surface area contributed by atoms with Crippen LogP contribution in [0.5, 0.6) is 0 Å². The average Bonchev–Trinajstić information content (AvgIpc) is 2.99. The first-order valence-electron chi connectivity index (χ1n) is 7.95. The Morgan fingerprint density at radius 3 is 2.83 bits per heavy atom. The molecular formula is C19H17ClN2O. The van der Waals surface area contributed by atoms with Gasteiger partial charge in [0.2, 0.25) is 5.91 Å². The van der Waals surface area contributed by atoms with E-state index in [1.807, 2.05) is 53.4 Å². The van der Waals surface area contributed by atoms with Crippen molar-refractivity contribution in [2.75, 3.05) is 4.90 Å². The number of aliphatic imine (C=N–C) groups is 1. The lowest BCUT2D eigenvalue weighted by molar-refractivity contribution is -0.120. The van der Waals surface area contributed by atoms with Crippen molar-refractivity contribution in [2.24, 2.45) is 10.9 Å². The lowest BCUT2D eigenvalue weighted by atomic mass is 10.0. The number of fused-ring (bicyclic) bond motifs is 2. The van der Waals surface area contributed by atoms with Crippen LogP contribution in [0, 0.1) is 5.92 Å². The number of benzene rings is 2. The molecule has 0 radical (unpaired) electrons. The van der Waals surface area contributed by atoms with E-state index in [-0.39, 0.29) is 11.8 Å². The molecule has 0 N–H and O–H groups in total. The van der Waals surface area contributed by atoms with E-state index in [1.54, 1.807) is 0 Å². The maximum absolute atomic E-state index is 13.1. The number of carbonyl (C=O) groups excluding carboxylic acids is 1. The third kappa shape index (κ3) is 2.66. The second kappa shape index (κ2) is 5.82. The molecule has 1 heterocycles. The molecule has 4 heteroatoms. The number of rotatable bonds is 2. The molecule has 1 saturated carbocycles. The standard InChI is InChI=1S/C19H17ClN2O/c20-14-9-10-17-18(11-14)22(12-13-5-2-1-3-6-13)19(23)15-7-4-8-16(15)21-17/h1-3,5-6,9-11,15H,4,7-8,12H2. The molecule has 0 bridgehead atoms. The van der Waals surface area contributed by atoms with Gasteiger partial charge in [0, 0.05) is 10.7 Å². The van der Waals surface area contributed by atoms with Gasteiger partial charge in [0.25, 0.3) is 0 Å². The zero-order valence-electron chi connectivity index (χ0n) is 12.7. The summed E-state index contributed by atoms with van der Waals surface area (Å²) in [6.45, 7) is 0.548. The monoisotopic (exact) mass is 324 g/mol. The third-order valence-electron chi connectivity index (χ3n) is 4.57. The fourth-order valence-electron chi connectivity index (χ4n) is 3.43. The zero-order valence-corrected chi connectivity index (χ0v) is 13.5. The van der Waals surface area contributed by atoms with Crippen molar-refractivity contribution < 1.29 is 4.79 Å². The Morgan fingerprint density at radius 1 is 1.17 bits per heavy atom. The van der Waals surface area contributed by atoms with E-state index >= 15 is 0 Å². The van der Waals surface area contributed by atoms with Crippen molar-refractivity contribution in [3.8, 4) is 0 Å². The van der Waals surface area contributed by atoms with Crippen molar-refractivity contribution >= 4 is 34.6 Å². The van der Waals surface area contributed by atoms with Gasteiger partial charge in [0.1, 0.15) is 0 Å². The highest BCUT2D eigenvalue weighted by Gasteiger charge is 2.36. The van der Waals surface area contributed by atoms with Crippen LogP contribution < -0.4 is 4.90 Å². The van der Waals surface area contributed by atoms with E-state index in [0.717, 1.165) is 41.9 Å². The average molecular weight is 325 g/mol. The molecule has 1 aliphatic heterocycles. The highest BCUT2D eigenvalue weighted by atomic mass is 35.5. The summed E-state index contributed by atoms with van der Waals surface area (Å²) in [6.07, 6.45) is 2.85. The molecule has 1 aliphatic carbocycles. The topological polar surface area (TPSA) is 32.7 Å². The van der Waals surface area contributed by atoms with Crippen molar-refractivity contribution in [3.63, 3.8) is 0 Å². The normalized spacial score (nSPS) is 19.9. The van der Waals surface area contributed by atoms with Crippen LogP contribution in [0.3, 0.4) is 0 Å². The van der Waals surface area contributed by atoms with Gasteiger partial charge in [-0.15, -0.1) is 0 Å². The van der Waals surface area contributed by atoms with E-state index in [9.17, 15) is 4.79 Å². The van der Waals surface area contributed by atoms with Gasteiger partial charge in [-0.3, -0.25) is 9.79 Å². The van der Waals surface area contributed by atoms with Gasteiger partial charge < -0.3 is 4.90 Å². The number of hydrogen-bond donors (Lipinski definition) is 0. The Labute approximate surface area is 140 Å². The molecule has 0 aromatic heterocycles. The molecule has 116 valence electrons. The molecule has 2 aromatic rings. The summed E-state index contributed by atoms with van der Waals surface area (Å²) >= 11 is 6.18. The number of nitrogens with zero attached hydrogens (tertiary/aromatic N) is 2. The van der Waals surface area contributed by atoms with E-state index in [2.05, 4.69) is 0 Å². The minimum atomic E-state index is -0.0788. The summed E-state index contributed by atoms with van der Waals surface area (Å²) in [7, 11) is 0. The second-order valence-corrected chi connectivity index (χ2v) is 6.53. The van der Waals surface area contributed by atoms with Crippen LogP contribution in [0.1, 0.15) is 24.8 Å². The number of halogens is 1. The molecule has 2 aromatic carbocycles. The molecule has 2 aliphatic rings. The predicted octanol–water partition coefficient (Wildman–Crippen LogP) is 4.76. The highest BCUT2D eigenvalue weighted by Crippen LogP contribution is 2.40. The summed E-state index contributed by atoms with van der Waals surface area (Å²) in [5.74, 6) is 0.0657. The van der Waals surface area contributed by atoms with Crippen molar-refractivity contribution in [3.05, 3.63) is 59.1 Å². The Bertz CT molecular complexity index is 785. The number of amides is 1. The Hall–Kier alpha value is -2.13. The van der Waals surface area contributed by atoms with E-state index < -0.39 is 0 Å². The van der Waals surface area contributed by atoms with Crippen LogP contribution in [0.15, 0.2) is 53.5 Å². The lowest BCUT2D eigenvalue weighted by Crippen LogP contribution is -2.36. The molecule has 1 fully saturated rings. The highest BCUT2D eigenvalue weighted by molar-refractivity contribution is 6.31. The summed E-state index contributed by atoms with van der Waals surface area (Å²) in [5.41, 5.74) is 3.79. The SMILES string of the molecule is O=C1C2CCCC2=Nc2ccc(Cl)cc2N1Cc1ccccc1. The maximum Gasteiger partial charge on any atom is 0.236 e.